The van der Waals surface area contributed by atoms with E-state index in [1.165, 1.54) is 0 Å². The summed E-state index contributed by atoms with van der Waals surface area (Å²) in [6.07, 6.45) is 0.277. The fourth-order valence-electron chi connectivity index (χ4n) is 1.62. The average Bonchev–Trinajstić information content (AvgIpc) is 2.01. The summed E-state index contributed by atoms with van der Waals surface area (Å²) in [6, 6.07) is 0. The van der Waals surface area contributed by atoms with Gasteiger partial charge in [-0.05, 0) is 20.8 Å². The van der Waals surface area contributed by atoms with Crippen molar-refractivity contribution in [2.24, 2.45) is 0 Å². The van der Waals surface area contributed by atoms with Crippen molar-refractivity contribution in [3.63, 3.8) is 0 Å². The number of morpholine rings is 1. The van der Waals surface area contributed by atoms with Crippen LogP contribution in [-0.4, -0.2) is 41.4 Å². The highest BCUT2D eigenvalue weighted by Crippen LogP contribution is 2.12. The summed E-state index contributed by atoms with van der Waals surface area (Å²) in [5.41, 5.74) is 0. The minimum atomic E-state index is -0.211. The Morgan fingerprint density at radius 2 is 1.92 bits per heavy atom. The molecule has 0 aromatic rings. The number of ether oxygens (including phenoxy) is 1. The second kappa shape index (κ2) is 4.33. The molecule has 1 aliphatic heterocycles. The fourth-order valence-corrected chi connectivity index (χ4v) is 1.79. The second-order valence-corrected chi connectivity index (χ2v) is 4.45. The van der Waals surface area contributed by atoms with Gasteiger partial charge in [0.05, 0.1) is 17.5 Å². The molecule has 1 fully saturated rings. The van der Waals surface area contributed by atoms with Crippen LogP contribution in [0.1, 0.15) is 20.8 Å². The Bertz CT molecular complexity index is 186. The van der Waals surface area contributed by atoms with Crippen LogP contribution >= 0.6 is 12.6 Å². The van der Waals surface area contributed by atoms with Crippen molar-refractivity contribution in [2.75, 3.05) is 13.1 Å². The van der Waals surface area contributed by atoms with Gasteiger partial charge < -0.3 is 9.64 Å². The first kappa shape index (κ1) is 10.9. The van der Waals surface area contributed by atoms with Crippen molar-refractivity contribution in [2.45, 2.75) is 38.2 Å². The van der Waals surface area contributed by atoms with Crippen molar-refractivity contribution in [3.05, 3.63) is 0 Å². The Kier molecular flexibility index (Phi) is 3.62. The smallest absolute Gasteiger partial charge is 0.235 e. The van der Waals surface area contributed by atoms with Gasteiger partial charge in [-0.25, -0.2) is 0 Å². The Morgan fingerprint density at radius 3 is 2.31 bits per heavy atom. The SMILES string of the molecule is CC(S)C(=O)N1C[C@@H](C)O[C@@H](C)C1. The van der Waals surface area contributed by atoms with Crippen LogP contribution in [0, 0.1) is 0 Å². The minimum Gasteiger partial charge on any atom is -0.372 e. The van der Waals surface area contributed by atoms with E-state index in [1.54, 1.807) is 6.92 Å². The molecule has 1 aliphatic rings. The van der Waals surface area contributed by atoms with E-state index >= 15 is 0 Å². The Labute approximate surface area is 84.8 Å². The maximum atomic E-state index is 11.6. The molecule has 0 bridgehead atoms. The van der Waals surface area contributed by atoms with E-state index in [-0.39, 0.29) is 23.4 Å². The van der Waals surface area contributed by atoms with Gasteiger partial charge in [-0.3, -0.25) is 4.79 Å². The Hall–Kier alpha value is -0.220. The summed E-state index contributed by atoms with van der Waals surface area (Å²) < 4.78 is 5.53. The third kappa shape index (κ3) is 2.88. The van der Waals surface area contributed by atoms with E-state index in [0.717, 1.165) is 0 Å². The number of thiol groups is 1. The van der Waals surface area contributed by atoms with Crippen molar-refractivity contribution in [1.29, 1.82) is 0 Å². The molecular weight excluding hydrogens is 186 g/mol. The van der Waals surface area contributed by atoms with Crippen molar-refractivity contribution in [3.8, 4) is 0 Å². The number of nitrogens with zero attached hydrogens (tertiary/aromatic N) is 1. The lowest BCUT2D eigenvalue weighted by Gasteiger charge is -2.36. The molecule has 0 saturated carbocycles. The van der Waals surface area contributed by atoms with Gasteiger partial charge in [0.15, 0.2) is 0 Å². The molecule has 76 valence electrons. The zero-order chi connectivity index (χ0) is 10.0. The van der Waals surface area contributed by atoms with Crippen LogP contribution in [0.3, 0.4) is 0 Å². The highest BCUT2D eigenvalue weighted by Gasteiger charge is 2.27. The molecule has 1 rings (SSSR count). The van der Waals surface area contributed by atoms with E-state index in [4.69, 9.17) is 4.74 Å². The third-order valence-electron chi connectivity index (χ3n) is 2.09. The molecule has 4 heteroatoms. The number of carbonyl (C=O) groups excluding carboxylic acids is 1. The van der Waals surface area contributed by atoms with E-state index in [0.29, 0.717) is 13.1 Å². The largest absolute Gasteiger partial charge is 0.372 e. The molecule has 0 aliphatic carbocycles. The summed E-state index contributed by atoms with van der Waals surface area (Å²) in [7, 11) is 0. The van der Waals surface area contributed by atoms with E-state index in [1.807, 2.05) is 18.7 Å². The lowest BCUT2D eigenvalue weighted by atomic mass is 10.2. The molecule has 0 aromatic heterocycles. The highest BCUT2D eigenvalue weighted by molar-refractivity contribution is 7.81. The number of hydrogen-bond donors (Lipinski definition) is 1. The molecule has 3 atom stereocenters. The topological polar surface area (TPSA) is 29.5 Å². The molecule has 3 nitrogen and oxygen atoms in total. The zero-order valence-corrected chi connectivity index (χ0v) is 9.25. The van der Waals surface area contributed by atoms with Gasteiger partial charge in [-0.1, -0.05) is 0 Å². The van der Waals surface area contributed by atoms with E-state index < -0.39 is 0 Å². The molecule has 1 unspecified atom stereocenters. The molecule has 0 spiro atoms. The first-order chi connectivity index (χ1) is 6.00. The van der Waals surface area contributed by atoms with Gasteiger partial charge in [0, 0.05) is 13.1 Å². The van der Waals surface area contributed by atoms with Crippen LogP contribution in [0.4, 0.5) is 0 Å². The molecule has 13 heavy (non-hydrogen) atoms. The van der Waals surface area contributed by atoms with Crippen LogP contribution in [0.25, 0.3) is 0 Å². The van der Waals surface area contributed by atoms with E-state index in [2.05, 4.69) is 12.6 Å². The van der Waals surface area contributed by atoms with Gasteiger partial charge in [0.2, 0.25) is 5.91 Å². The third-order valence-corrected chi connectivity index (χ3v) is 2.31. The molecule has 1 heterocycles. The number of rotatable bonds is 1. The van der Waals surface area contributed by atoms with Crippen LogP contribution in [0.5, 0.6) is 0 Å². The van der Waals surface area contributed by atoms with Crippen molar-refractivity contribution in [1.82, 2.24) is 4.90 Å². The van der Waals surface area contributed by atoms with Crippen LogP contribution in [-0.2, 0) is 9.53 Å². The van der Waals surface area contributed by atoms with Gasteiger partial charge in [-0.2, -0.15) is 12.6 Å². The number of hydrogen-bond acceptors (Lipinski definition) is 3. The summed E-state index contributed by atoms with van der Waals surface area (Å²) in [6.45, 7) is 7.15. The zero-order valence-electron chi connectivity index (χ0n) is 8.36. The fraction of sp³-hybridized carbons (Fsp3) is 0.889. The maximum Gasteiger partial charge on any atom is 0.235 e. The second-order valence-electron chi connectivity index (χ2n) is 3.68. The molecule has 0 aromatic carbocycles. The van der Waals surface area contributed by atoms with Crippen molar-refractivity contribution >= 4 is 18.5 Å². The Balaban J connectivity index is 2.55. The predicted octanol–water partition coefficient (Wildman–Crippen LogP) is 0.941. The highest BCUT2D eigenvalue weighted by atomic mass is 32.1. The minimum absolute atomic E-state index is 0.102. The maximum absolute atomic E-state index is 11.6. The summed E-state index contributed by atoms with van der Waals surface area (Å²) in [5, 5.41) is -0.211. The lowest BCUT2D eigenvalue weighted by Crippen LogP contribution is -2.50. The lowest BCUT2D eigenvalue weighted by molar-refractivity contribution is -0.142. The normalized spacial score (nSPS) is 31.5. The van der Waals surface area contributed by atoms with Crippen LogP contribution in [0.15, 0.2) is 0 Å². The van der Waals surface area contributed by atoms with Crippen LogP contribution in [0.2, 0.25) is 0 Å². The van der Waals surface area contributed by atoms with Gasteiger partial charge in [-0.15, -0.1) is 0 Å². The summed E-state index contributed by atoms with van der Waals surface area (Å²) in [5.74, 6) is 0.102. The van der Waals surface area contributed by atoms with Gasteiger partial charge in [0.25, 0.3) is 0 Å². The van der Waals surface area contributed by atoms with E-state index in [9.17, 15) is 4.79 Å². The first-order valence-corrected chi connectivity index (χ1v) is 5.14. The number of carbonyl (C=O) groups is 1. The van der Waals surface area contributed by atoms with Gasteiger partial charge in [0.1, 0.15) is 0 Å². The first-order valence-electron chi connectivity index (χ1n) is 4.63. The van der Waals surface area contributed by atoms with Gasteiger partial charge >= 0.3 is 0 Å². The molecule has 1 amide bonds. The quantitative estimate of drug-likeness (QED) is 0.643. The summed E-state index contributed by atoms with van der Waals surface area (Å²) in [4.78, 5) is 13.4. The standard InChI is InChI=1S/C9H17NO2S/c1-6-4-10(5-7(2)12-6)9(11)8(3)13/h6-8,13H,4-5H2,1-3H3/t6-,7+,8?. The average molecular weight is 203 g/mol. The predicted molar refractivity (Wildman–Crippen MR) is 55.0 cm³/mol. The Morgan fingerprint density at radius 1 is 1.46 bits per heavy atom. The molecule has 1 saturated heterocycles. The molecule has 0 N–H and O–H groups in total. The molecular formula is C9H17NO2S. The summed E-state index contributed by atoms with van der Waals surface area (Å²) >= 11 is 4.13. The van der Waals surface area contributed by atoms with Crippen LogP contribution < -0.4 is 0 Å². The van der Waals surface area contributed by atoms with Crippen molar-refractivity contribution < 1.29 is 9.53 Å². The monoisotopic (exact) mass is 203 g/mol. The molecule has 0 radical (unpaired) electrons. The number of amides is 1.